The van der Waals surface area contributed by atoms with E-state index >= 15 is 0 Å². The maximum absolute atomic E-state index is 11.8. The summed E-state index contributed by atoms with van der Waals surface area (Å²) in [6, 6.07) is 6.62. The first-order valence-electron chi connectivity index (χ1n) is 6.90. The van der Waals surface area contributed by atoms with E-state index in [0.29, 0.717) is 11.3 Å². The average molecular weight is 293 g/mol. The molecule has 1 unspecified atom stereocenters. The number of benzene rings is 1. The van der Waals surface area contributed by atoms with Gasteiger partial charge in [0, 0.05) is 11.7 Å². The van der Waals surface area contributed by atoms with E-state index in [1.54, 1.807) is 24.3 Å². The Bertz CT molecular complexity index is 489. The summed E-state index contributed by atoms with van der Waals surface area (Å²) in [5.74, 6) is -0.895. The van der Waals surface area contributed by atoms with Crippen LogP contribution in [0, 0.1) is 0 Å². The van der Waals surface area contributed by atoms with E-state index in [1.165, 1.54) is 0 Å². The Kier molecular flexibility index (Phi) is 6.68. The lowest BCUT2D eigenvalue weighted by Crippen LogP contribution is -2.37. The van der Waals surface area contributed by atoms with Gasteiger partial charge < -0.3 is 20.6 Å². The molecule has 0 aromatic heterocycles. The first-order valence-corrected chi connectivity index (χ1v) is 6.90. The molecule has 0 heterocycles. The molecule has 21 heavy (non-hydrogen) atoms. The zero-order chi connectivity index (χ0) is 15.8. The van der Waals surface area contributed by atoms with Gasteiger partial charge in [0.25, 0.3) is 0 Å². The first kappa shape index (κ1) is 17.0. The average Bonchev–Trinajstić information content (AvgIpc) is 2.35. The monoisotopic (exact) mass is 293 g/mol. The lowest BCUT2D eigenvalue weighted by Gasteiger charge is -2.17. The summed E-state index contributed by atoms with van der Waals surface area (Å²) >= 11 is 0. The molecule has 0 bridgehead atoms. The second-order valence-electron chi connectivity index (χ2n) is 5.36. The fraction of sp³-hybridized carbons (Fsp3) is 0.467. The van der Waals surface area contributed by atoms with Crippen LogP contribution in [-0.2, 0) is 11.2 Å². The summed E-state index contributed by atoms with van der Waals surface area (Å²) in [6.07, 6.45) is 0.801. The number of hydrogen-bond donors (Lipinski definition) is 3. The second kappa shape index (κ2) is 8.26. The van der Waals surface area contributed by atoms with Crippen molar-refractivity contribution in [3.8, 4) is 0 Å². The number of hydrogen-bond acceptors (Lipinski definition) is 3. The summed E-state index contributed by atoms with van der Waals surface area (Å²) in [5.41, 5.74) is 1.24. The number of carboxylic acids is 1. The maximum Gasteiger partial charge on any atom is 0.319 e. The zero-order valence-electron chi connectivity index (χ0n) is 12.7. The number of anilines is 1. The van der Waals surface area contributed by atoms with E-state index in [1.807, 2.05) is 21.0 Å². The fourth-order valence-corrected chi connectivity index (χ4v) is 1.85. The number of carboxylic acid groups (broad SMARTS) is 1. The molecular formula is C15H23N3O3. The van der Waals surface area contributed by atoms with Crippen molar-refractivity contribution in [1.29, 1.82) is 0 Å². The highest BCUT2D eigenvalue weighted by Gasteiger charge is 2.08. The van der Waals surface area contributed by atoms with E-state index in [0.717, 1.165) is 13.0 Å². The van der Waals surface area contributed by atoms with Crippen molar-refractivity contribution in [2.24, 2.45) is 0 Å². The van der Waals surface area contributed by atoms with Crippen LogP contribution in [-0.4, -0.2) is 48.7 Å². The predicted octanol–water partition coefficient (Wildman–Crippen LogP) is 1.78. The number of aliphatic carboxylic acids is 1. The van der Waals surface area contributed by atoms with Gasteiger partial charge in [0.15, 0.2) is 0 Å². The third-order valence-corrected chi connectivity index (χ3v) is 2.93. The van der Waals surface area contributed by atoms with E-state index in [4.69, 9.17) is 5.11 Å². The van der Waals surface area contributed by atoms with Crippen LogP contribution in [0.2, 0.25) is 0 Å². The smallest absolute Gasteiger partial charge is 0.319 e. The summed E-state index contributed by atoms with van der Waals surface area (Å²) < 4.78 is 0. The third-order valence-electron chi connectivity index (χ3n) is 2.93. The molecule has 1 atom stereocenters. The molecule has 1 aromatic rings. The maximum atomic E-state index is 11.8. The van der Waals surface area contributed by atoms with Crippen molar-refractivity contribution in [1.82, 2.24) is 10.2 Å². The third kappa shape index (κ3) is 7.31. The quantitative estimate of drug-likeness (QED) is 0.715. The van der Waals surface area contributed by atoms with Gasteiger partial charge in [0.05, 0.1) is 6.42 Å². The van der Waals surface area contributed by atoms with Gasteiger partial charge in [-0.05, 0) is 51.7 Å². The molecule has 3 N–H and O–H groups in total. The lowest BCUT2D eigenvalue weighted by molar-refractivity contribution is -0.136. The number of nitrogens with zero attached hydrogens (tertiary/aromatic N) is 1. The predicted molar refractivity (Wildman–Crippen MR) is 82.6 cm³/mol. The normalized spacial score (nSPS) is 12.0. The van der Waals surface area contributed by atoms with E-state index in [-0.39, 0.29) is 18.5 Å². The summed E-state index contributed by atoms with van der Waals surface area (Å²) in [4.78, 5) is 24.6. The van der Waals surface area contributed by atoms with Crippen LogP contribution in [0.25, 0.3) is 0 Å². The zero-order valence-corrected chi connectivity index (χ0v) is 12.7. The molecule has 1 aromatic carbocycles. The number of rotatable bonds is 7. The standard InChI is InChI=1S/C15H23N3O3/c1-11(7-8-18(2)3)16-15(21)17-13-6-4-5-12(9-13)10-14(19)20/h4-6,9,11H,7-8,10H2,1-3H3,(H,19,20)(H2,16,17,21). The van der Waals surface area contributed by atoms with Gasteiger partial charge in [-0.1, -0.05) is 12.1 Å². The molecule has 0 fully saturated rings. The van der Waals surface area contributed by atoms with Crippen LogP contribution in [0.4, 0.5) is 10.5 Å². The van der Waals surface area contributed by atoms with Crippen LogP contribution in [0.3, 0.4) is 0 Å². The van der Waals surface area contributed by atoms with Gasteiger partial charge in [-0.3, -0.25) is 4.79 Å². The van der Waals surface area contributed by atoms with Crippen LogP contribution >= 0.6 is 0 Å². The number of nitrogens with one attached hydrogen (secondary N) is 2. The van der Waals surface area contributed by atoms with E-state index in [9.17, 15) is 9.59 Å². The number of amides is 2. The van der Waals surface area contributed by atoms with Gasteiger partial charge in [0.2, 0.25) is 0 Å². The molecule has 6 heteroatoms. The Labute approximate surface area is 125 Å². The fourth-order valence-electron chi connectivity index (χ4n) is 1.85. The highest BCUT2D eigenvalue weighted by molar-refractivity contribution is 5.89. The minimum Gasteiger partial charge on any atom is -0.481 e. The van der Waals surface area contributed by atoms with Crippen molar-refractivity contribution in [3.05, 3.63) is 29.8 Å². The molecule has 0 radical (unpaired) electrons. The van der Waals surface area contributed by atoms with Crippen LogP contribution < -0.4 is 10.6 Å². The van der Waals surface area contributed by atoms with Gasteiger partial charge in [-0.2, -0.15) is 0 Å². The topological polar surface area (TPSA) is 81.7 Å². The summed E-state index contributed by atoms with van der Waals surface area (Å²) in [5, 5.41) is 14.3. The molecule has 0 saturated heterocycles. The van der Waals surface area contributed by atoms with Crippen LogP contribution in [0.5, 0.6) is 0 Å². The summed E-state index contributed by atoms with van der Waals surface area (Å²) in [7, 11) is 3.97. The highest BCUT2D eigenvalue weighted by Crippen LogP contribution is 2.11. The molecule has 0 aliphatic rings. The van der Waals surface area contributed by atoms with Gasteiger partial charge in [0.1, 0.15) is 0 Å². The Balaban J connectivity index is 2.48. The minimum absolute atomic E-state index is 0.0592. The molecule has 0 saturated carbocycles. The Morgan fingerprint density at radius 2 is 2.05 bits per heavy atom. The molecule has 6 nitrogen and oxygen atoms in total. The molecule has 0 aliphatic carbocycles. The van der Waals surface area contributed by atoms with Crippen molar-refractivity contribution in [2.45, 2.75) is 25.8 Å². The first-order chi connectivity index (χ1) is 9.86. The second-order valence-corrected chi connectivity index (χ2v) is 5.36. The molecule has 116 valence electrons. The summed E-state index contributed by atoms with van der Waals surface area (Å²) in [6.45, 7) is 2.85. The number of carbonyl (C=O) groups is 2. The Morgan fingerprint density at radius 1 is 1.33 bits per heavy atom. The van der Waals surface area contributed by atoms with E-state index < -0.39 is 5.97 Å². The number of urea groups is 1. The van der Waals surface area contributed by atoms with Gasteiger partial charge in [-0.25, -0.2) is 4.79 Å². The SMILES string of the molecule is CC(CCN(C)C)NC(=O)Nc1cccc(CC(=O)O)c1. The van der Waals surface area contributed by atoms with Gasteiger partial charge >= 0.3 is 12.0 Å². The van der Waals surface area contributed by atoms with Crippen LogP contribution in [0.1, 0.15) is 18.9 Å². The van der Waals surface area contributed by atoms with Crippen molar-refractivity contribution >= 4 is 17.7 Å². The number of carbonyl (C=O) groups excluding carboxylic acids is 1. The largest absolute Gasteiger partial charge is 0.481 e. The molecule has 0 aliphatic heterocycles. The Hall–Kier alpha value is -2.08. The lowest BCUT2D eigenvalue weighted by atomic mass is 10.1. The van der Waals surface area contributed by atoms with Crippen molar-refractivity contribution in [3.63, 3.8) is 0 Å². The van der Waals surface area contributed by atoms with Crippen molar-refractivity contribution < 1.29 is 14.7 Å². The van der Waals surface area contributed by atoms with Gasteiger partial charge in [-0.15, -0.1) is 0 Å². The molecule has 0 spiro atoms. The molecular weight excluding hydrogens is 270 g/mol. The minimum atomic E-state index is -0.895. The van der Waals surface area contributed by atoms with E-state index in [2.05, 4.69) is 15.5 Å². The Morgan fingerprint density at radius 3 is 2.67 bits per heavy atom. The molecule has 2 amide bonds. The van der Waals surface area contributed by atoms with Crippen molar-refractivity contribution in [2.75, 3.05) is 26.0 Å². The highest BCUT2D eigenvalue weighted by atomic mass is 16.4. The molecule has 1 rings (SSSR count). The van der Waals surface area contributed by atoms with Crippen LogP contribution in [0.15, 0.2) is 24.3 Å².